The fourth-order valence-corrected chi connectivity index (χ4v) is 1.97. The molecule has 0 aliphatic carbocycles. The van der Waals surface area contributed by atoms with Crippen LogP contribution >= 0.6 is 0 Å². The van der Waals surface area contributed by atoms with Gasteiger partial charge in [0.15, 0.2) is 0 Å². The molecule has 0 aliphatic rings. The number of carboxylic acids is 1. The minimum atomic E-state index is -0.761. The van der Waals surface area contributed by atoms with Crippen LogP contribution in [0, 0.1) is 18.8 Å². The molecule has 1 unspecified atom stereocenters. The van der Waals surface area contributed by atoms with Gasteiger partial charge in [0.2, 0.25) is 0 Å². The van der Waals surface area contributed by atoms with E-state index in [-0.39, 0.29) is 5.92 Å². The Morgan fingerprint density at radius 2 is 2.11 bits per heavy atom. The third-order valence-electron chi connectivity index (χ3n) is 2.89. The Morgan fingerprint density at radius 3 is 2.63 bits per heavy atom. The highest BCUT2D eigenvalue weighted by molar-refractivity contribution is 5.70. The van der Waals surface area contributed by atoms with Crippen molar-refractivity contribution in [1.29, 1.82) is 0 Å². The summed E-state index contributed by atoms with van der Waals surface area (Å²) in [5.74, 6) is 0.626. The van der Waals surface area contributed by atoms with Crippen LogP contribution in [0.1, 0.15) is 38.7 Å². The Morgan fingerprint density at radius 1 is 1.42 bits per heavy atom. The molecule has 1 atom stereocenters. The Kier molecular flexibility index (Phi) is 5.73. The highest BCUT2D eigenvalue weighted by Crippen LogP contribution is 2.14. The van der Waals surface area contributed by atoms with Gasteiger partial charge in [-0.3, -0.25) is 4.79 Å². The number of nitrogens with zero attached hydrogens (tertiary/aromatic N) is 2. The molecule has 0 aromatic carbocycles. The van der Waals surface area contributed by atoms with Crippen LogP contribution in [0.4, 0.5) is 5.82 Å². The Balaban J connectivity index is 2.68. The van der Waals surface area contributed by atoms with Crippen LogP contribution in [0.2, 0.25) is 0 Å². The molecule has 0 amide bonds. The molecular formula is C14H23N3O2. The molecule has 2 N–H and O–H groups in total. The second-order valence-corrected chi connectivity index (χ2v) is 5.19. The Labute approximate surface area is 114 Å². The van der Waals surface area contributed by atoms with Crippen LogP contribution < -0.4 is 5.32 Å². The molecule has 5 heteroatoms. The number of aromatic nitrogens is 2. The molecule has 1 rings (SSSR count). The lowest BCUT2D eigenvalue weighted by Gasteiger charge is -2.16. The van der Waals surface area contributed by atoms with Crippen molar-refractivity contribution in [3.8, 4) is 0 Å². The predicted octanol–water partition coefficient (Wildman–Crippen LogP) is 2.51. The van der Waals surface area contributed by atoms with E-state index in [0.29, 0.717) is 30.5 Å². The minimum Gasteiger partial charge on any atom is -0.481 e. The summed E-state index contributed by atoms with van der Waals surface area (Å²) in [5.41, 5.74) is 0.964. The number of nitrogens with one attached hydrogen (secondary N) is 1. The second kappa shape index (κ2) is 7.07. The largest absolute Gasteiger partial charge is 0.481 e. The summed E-state index contributed by atoms with van der Waals surface area (Å²) in [6.07, 6.45) is 1.50. The Bertz CT molecular complexity index is 433. The van der Waals surface area contributed by atoms with E-state index < -0.39 is 5.97 Å². The first-order chi connectivity index (χ1) is 8.92. The molecule has 19 heavy (non-hydrogen) atoms. The fourth-order valence-electron chi connectivity index (χ4n) is 1.97. The van der Waals surface area contributed by atoms with Gasteiger partial charge in [-0.2, -0.15) is 0 Å². The van der Waals surface area contributed by atoms with E-state index in [1.54, 1.807) is 0 Å². The number of anilines is 1. The van der Waals surface area contributed by atoms with Crippen molar-refractivity contribution in [1.82, 2.24) is 9.97 Å². The number of carbonyl (C=O) groups is 1. The van der Waals surface area contributed by atoms with Crippen molar-refractivity contribution in [3.05, 3.63) is 17.6 Å². The van der Waals surface area contributed by atoms with Gasteiger partial charge in [-0.05, 0) is 25.7 Å². The number of hydrogen-bond acceptors (Lipinski definition) is 4. The zero-order valence-corrected chi connectivity index (χ0v) is 12.1. The average molecular weight is 265 g/mol. The average Bonchev–Trinajstić information content (AvgIpc) is 2.33. The van der Waals surface area contributed by atoms with Gasteiger partial charge in [0, 0.05) is 18.3 Å². The lowest BCUT2D eigenvalue weighted by Crippen LogP contribution is -2.25. The smallest absolute Gasteiger partial charge is 0.308 e. The molecule has 0 radical (unpaired) electrons. The van der Waals surface area contributed by atoms with Gasteiger partial charge in [0.05, 0.1) is 5.92 Å². The van der Waals surface area contributed by atoms with Gasteiger partial charge < -0.3 is 10.4 Å². The highest BCUT2D eigenvalue weighted by atomic mass is 16.4. The maximum absolute atomic E-state index is 11.2. The van der Waals surface area contributed by atoms with Gasteiger partial charge in [-0.15, -0.1) is 0 Å². The molecule has 0 aliphatic heterocycles. The van der Waals surface area contributed by atoms with E-state index in [0.717, 1.165) is 12.1 Å². The van der Waals surface area contributed by atoms with Crippen LogP contribution in [-0.4, -0.2) is 27.6 Å². The van der Waals surface area contributed by atoms with E-state index in [1.807, 2.05) is 33.8 Å². The van der Waals surface area contributed by atoms with Gasteiger partial charge in [0.25, 0.3) is 0 Å². The quantitative estimate of drug-likeness (QED) is 0.792. The number of rotatable bonds is 7. The van der Waals surface area contributed by atoms with Gasteiger partial charge in [-0.1, -0.05) is 20.8 Å². The van der Waals surface area contributed by atoms with Crippen molar-refractivity contribution in [2.75, 3.05) is 11.9 Å². The maximum atomic E-state index is 11.2. The zero-order valence-electron chi connectivity index (χ0n) is 12.1. The lowest BCUT2D eigenvalue weighted by atomic mass is 9.97. The summed E-state index contributed by atoms with van der Waals surface area (Å²) in [6.45, 7) is 8.32. The number of aliphatic carboxylic acids is 1. The third-order valence-corrected chi connectivity index (χ3v) is 2.89. The normalized spacial score (nSPS) is 12.5. The van der Waals surface area contributed by atoms with Crippen molar-refractivity contribution >= 4 is 11.8 Å². The van der Waals surface area contributed by atoms with Crippen molar-refractivity contribution in [2.24, 2.45) is 11.8 Å². The number of carboxylic acid groups (broad SMARTS) is 1. The minimum absolute atomic E-state index is 0.362. The molecule has 106 valence electrons. The topological polar surface area (TPSA) is 75.1 Å². The van der Waals surface area contributed by atoms with Crippen LogP contribution in [0.25, 0.3) is 0 Å². The third kappa shape index (κ3) is 5.24. The van der Waals surface area contributed by atoms with Crippen LogP contribution in [-0.2, 0) is 11.2 Å². The first kappa shape index (κ1) is 15.4. The standard InChI is InChI=1S/C14H23N3O2/c1-5-12-7-13(17-10(4)16-12)15-8-11(14(18)19)6-9(2)3/h7,9,11H,5-6,8H2,1-4H3,(H,18,19)(H,15,16,17). The predicted molar refractivity (Wildman–Crippen MR) is 75.2 cm³/mol. The van der Waals surface area contributed by atoms with Crippen molar-refractivity contribution in [2.45, 2.75) is 40.5 Å². The Hall–Kier alpha value is -1.65. The zero-order chi connectivity index (χ0) is 14.4. The highest BCUT2D eigenvalue weighted by Gasteiger charge is 2.18. The van der Waals surface area contributed by atoms with Crippen molar-refractivity contribution < 1.29 is 9.90 Å². The summed E-state index contributed by atoms with van der Waals surface area (Å²) in [6, 6.07) is 1.88. The molecule has 0 saturated heterocycles. The molecular weight excluding hydrogens is 242 g/mol. The summed E-state index contributed by atoms with van der Waals surface area (Å²) >= 11 is 0. The van der Waals surface area contributed by atoms with E-state index in [1.165, 1.54) is 0 Å². The first-order valence-electron chi connectivity index (χ1n) is 6.73. The van der Waals surface area contributed by atoms with E-state index in [4.69, 9.17) is 0 Å². The van der Waals surface area contributed by atoms with E-state index in [2.05, 4.69) is 15.3 Å². The summed E-state index contributed by atoms with van der Waals surface area (Å²) in [5, 5.41) is 12.3. The van der Waals surface area contributed by atoms with Crippen LogP contribution in [0.15, 0.2) is 6.07 Å². The molecule has 0 bridgehead atoms. The molecule has 0 spiro atoms. The SMILES string of the molecule is CCc1cc(NCC(CC(C)C)C(=O)O)nc(C)n1. The molecule has 5 nitrogen and oxygen atoms in total. The molecule has 0 saturated carbocycles. The van der Waals surface area contributed by atoms with Crippen LogP contribution in [0.3, 0.4) is 0 Å². The van der Waals surface area contributed by atoms with E-state index >= 15 is 0 Å². The van der Waals surface area contributed by atoms with Crippen molar-refractivity contribution in [3.63, 3.8) is 0 Å². The molecule has 1 heterocycles. The molecule has 0 fully saturated rings. The monoisotopic (exact) mass is 265 g/mol. The molecule has 1 aromatic rings. The van der Waals surface area contributed by atoms with Crippen LogP contribution in [0.5, 0.6) is 0 Å². The first-order valence-corrected chi connectivity index (χ1v) is 6.73. The van der Waals surface area contributed by atoms with Gasteiger partial charge in [-0.25, -0.2) is 9.97 Å². The van der Waals surface area contributed by atoms with E-state index in [9.17, 15) is 9.90 Å². The number of hydrogen-bond donors (Lipinski definition) is 2. The maximum Gasteiger partial charge on any atom is 0.308 e. The second-order valence-electron chi connectivity index (χ2n) is 5.19. The van der Waals surface area contributed by atoms with Gasteiger partial charge >= 0.3 is 5.97 Å². The van der Waals surface area contributed by atoms with Gasteiger partial charge in [0.1, 0.15) is 11.6 Å². The fraction of sp³-hybridized carbons (Fsp3) is 0.643. The summed E-state index contributed by atoms with van der Waals surface area (Å²) < 4.78 is 0. The lowest BCUT2D eigenvalue weighted by molar-refractivity contribution is -0.141. The molecule has 1 aromatic heterocycles. The summed E-state index contributed by atoms with van der Waals surface area (Å²) in [4.78, 5) is 19.7. The summed E-state index contributed by atoms with van der Waals surface area (Å²) in [7, 11) is 0. The number of aryl methyl sites for hydroxylation is 2.